The van der Waals surface area contributed by atoms with Gasteiger partial charge in [-0.3, -0.25) is 19.3 Å². The molecule has 2 amide bonds. The minimum atomic E-state index is -0.759. The molecule has 0 unspecified atom stereocenters. The van der Waals surface area contributed by atoms with Gasteiger partial charge in [0.1, 0.15) is 6.04 Å². The van der Waals surface area contributed by atoms with Crippen LogP contribution in [0.4, 0.5) is 0 Å². The van der Waals surface area contributed by atoms with Crippen LogP contribution in [0.1, 0.15) is 20.8 Å². The number of nitrogens with one attached hydrogen (secondary N) is 1. The Morgan fingerprint density at radius 1 is 1.32 bits per heavy atom. The van der Waals surface area contributed by atoms with Crippen molar-refractivity contribution in [3.63, 3.8) is 0 Å². The van der Waals surface area contributed by atoms with Crippen LogP contribution in [0.2, 0.25) is 0 Å². The standard InChI is InChI=1S/C22H35N3O6/c1-4-31-22(29)17-14(2)5-6-16-18(17)21(28)25(15(3)13-26)19(16)20(27)23-7-8-24-9-11-30-12-10-24/h5-6,14-19,26H,4,7-13H2,1-3H3,(H,23,27)/t14-,15-,16+,17-,18-,19+/m1/s1. The third-order valence-electron chi connectivity index (χ3n) is 6.61. The van der Waals surface area contributed by atoms with Crippen molar-refractivity contribution in [1.82, 2.24) is 15.1 Å². The highest BCUT2D eigenvalue weighted by atomic mass is 16.5. The largest absolute Gasteiger partial charge is 0.466 e. The second kappa shape index (κ2) is 10.6. The molecule has 0 aromatic heterocycles. The molecule has 0 spiro atoms. The maximum absolute atomic E-state index is 13.4. The maximum atomic E-state index is 13.4. The van der Waals surface area contributed by atoms with Gasteiger partial charge in [0.25, 0.3) is 0 Å². The number of carbonyl (C=O) groups is 3. The molecular weight excluding hydrogens is 402 g/mol. The molecule has 0 aromatic carbocycles. The van der Waals surface area contributed by atoms with E-state index in [1.165, 1.54) is 4.90 Å². The van der Waals surface area contributed by atoms with E-state index in [1.807, 2.05) is 19.1 Å². The third kappa shape index (κ3) is 4.94. The van der Waals surface area contributed by atoms with E-state index in [9.17, 15) is 19.5 Å². The van der Waals surface area contributed by atoms with Crippen molar-refractivity contribution < 1.29 is 29.0 Å². The van der Waals surface area contributed by atoms with Gasteiger partial charge < -0.3 is 24.8 Å². The van der Waals surface area contributed by atoms with E-state index < -0.39 is 35.8 Å². The number of carbonyl (C=O) groups excluding carboxylic acids is 3. The van der Waals surface area contributed by atoms with Gasteiger partial charge in [-0.25, -0.2) is 0 Å². The van der Waals surface area contributed by atoms with Gasteiger partial charge in [-0.1, -0.05) is 19.1 Å². The third-order valence-corrected chi connectivity index (χ3v) is 6.61. The molecule has 1 aliphatic carbocycles. The average molecular weight is 438 g/mol. The van der Waals surface area contributed by atoms with E-state index in [0.29, 0.717) is 26.3 Å². The molecule has 0 aromatic rings. The van der Waals surface area contributed by atoms with Gasteiger partial charge in [-0.05, 0) is 19.8 Å². The molecule has 2 fully saturated rings. The second-order valence-electron chi connectivity index (χ2n) is 8.59. The molecule has 2 N–H and O–H groups in total. The molecule has 174 valence electrons. The van der Waals surface area contributed by atoms with Crippen LogP contribution in [-0.4, -0.2) is 97.4 Å². The Kier molecular flexibility index (Phi) is 8.07. The SMILES string of the molecule is CCOC(=O)[C@H]1[C@@H]2C(=O)N([C@H](C)CO)[C@H](C(=O)NCCN3CCOCC3)[C@H]2C=C[C@H]1C. The first-order valence-electron chi connectivity index (χ1n) is 11.3. The van der Waals surface area contributed by atoms with E-state index in [2.05, 4.69) is 10.2 Å². The minimum Gasteiger partial charge on any atom is -0.466 e. The van der Waals surface area contributed by atoms with Crippen LogP contribution in [0.3, 0.4) is 0 Å². The van der Waals surface area contributed by atoms with Gasteiger partial charge in [0.2, 0.25) is 11.8 Å². The quantitative estimate of drug-likeness (QED) is 0.394. The molecule has 2 aliphatic heterocycles. The molecule has 0 saturated carbocycles. The predicted octanol–water partition coefficient (Wildman–Crippen LogP) is -0.356. The summed E-state index contributed by atoms with van der Waals surface area (Å²) in [5.41, 5.74) is 0. The second-order valence-corrected chi connectivity index (χ2v) is 8.59. The summed E-state index contributed by atoms with van der Waals surface area (Å²) in [7, 11) is 0. The number of likely N-dealkylation sites (tertiary alicyclic amines) is 1. The van der Waals surface area contributed by atoms with Gasteiger partial charge in [0.15, 0.2) is 0 Å². The number of aliphatic hydroxyl groups excluding tert-OH is 1. The maximum Gasteiger partial charge on any atom is 0.310 e. The first-order chi connectivity index (χ1) is 14.9. The van der Waals surface area contributed by atoms with Gasteiger partial charge in [-0.2, -0.15) is 0 Å². The molecule has 9 heteroatoms. The van der Waals surface area contributed by atoms with E-state index in [4.69, 9.17) is 9.47 Å². The van der Waals surface area contributed by atoms with Crippen LogP contribution < -0.4 is 5.32 Å². The van der Waals surface area contributed by atoms with Crippen molar-refractivity contribution in [1.29, 1.82) is 0 Å². The van der Waals surface area contributed by atoms with Gasteiger partial charge >= 0.3 is 5.97 Å². The summed E-state index contributed by atoms with van der Waals surface area (Å²) in [5, 5.41) is 12.7. The van der Waals surface area contributed by atoms with Crippen molar-refractivity contribution in [3.05, 3.63) is 12.2 Å². The molecular formula is C22H35N3O6. The molecule has 3 aliphatic rings. The van der Waals surface area contributed by atoms with Gasteiger partial charge in [0, 0.05) is 32.1 Å². The topological polar surface area (TPSA) is 108 Å². The van der Waals surface area contributed by atoms with Crippen molar-refractivity contribution in [2.45, 2.75) is 32.9 Å². The number of aliphatic hydroxyl groups is 1. The zero-order valence-corrected chi connectivity index (χ0v) is 18.7. The van der Waals surface area contributed by atoms with Crippen molar-refractivity contribution in [2.24, 2.45) is 23.7 Å². The lowest BCUT2D eigenvalue weighted by atomic mass is 9.70. The Labute approximate surface area is 183 Å². The number of esters is 1. The average Bonchev–Trinajstić information content (AvgIpc) is 3.06. The van der Waals surface area contributed by atoms with E-state index in [-0.39, 0.29) is 30.9 Å². The van der Waals surface area contributed by atoms with Crippen LogP contribution in [-0.2, 0) is 23.9 Å². The molecule has 2 heterocycles. The monoisotopic (exact) mass is 437 g/mol. The lowest BCUT2D eigenvalue weighted by Crippen LogP contribution is -2.52. The smallest absolute Gasteiger partial charge is 0.310 e. The Bertz CT molecular complexity index is 693. The highest BCUT2D eigenvalue weighted by Crippen LogP contribution is 2.44. The summed E-state index contributed by atoms with van der Waals surface area (Å²) >= 11 is 0. The lowest BCUT2D eigenvalue weighted by Gasteiger charge is -2.32. The molecule has 9 nitrogen and oxygen atoms in total. The number of hydrogen-bond donors (Lipinski definition) is 2. The van der Waals surface area contributed by atoms with Crippen LogP contribution in [0.25, 0.3) is 0 Å². The molecule has 0 bridgehead atoms. The van der Waals surface area contributed by atoms with E-state index in [1.54, 1.807) is 13.8 Å². The number of amides is 2. The summed E-state index contributed by atoms with van der Waals surface area (Å²) in [6, 6.07) is -1.29. The fraction of sp³-hybridized carbons (Fsp3) is 0.773. The highest BCUT2D eigenvalue weighted by Gasteiger charge is 2.57. The summed E-state index contributed by atoms with van der Waals surface area (Å²) in [5.74, 6) is -2.84. The molecule has 0 radical (unpaired) electrons. The van der Waals surface area contributed by atoms with Gasteiger partial charge in [0.05, 0.1) is 44.3 Å². The summed E-state index contributed by atoms with van der Waals surface area (Å²) in [6.45, 7) is 9.53. The van der Waals surface area contributed by atoms with Crippen molar-refractivity contribution >= 4 is 17.8 Å². The molecule has 6 atom stereocenters. The van der Waals surface area contributed by atoms with Gasteiger partial charge in [-0.15, -0.1) is 0 Å². The number of rotatable bonds is 8. The number of hydrogen-bond acceptors (Lipinski definition) is 7. The summed E-state index contributed by atoms with van der Waals surface area (Å²) in [6.07, 6.45) is 3.79. The summed E-state index contributed by atoms with van der Waals surface area (Å²) < 4.78 is 10.6. The van der Waals surface area contributed by atoms with Crippen LogP contribution in [0.5, 0.6) is 0 Å². The predicted molar refractivity (Wildman–Crippen MR) is 113 cm³/mol. The lowest BCUT2D eigenvalue weighted by molar-refractivity contribution is -0.155. The van der Waals surface area contributed by atoms with Crippen LogP contribution in [0.15, 0.2) is 12.2 Å². The molecule has 2 saturated heterocycles. The number of ether oxygens (including phenoxy) is 2. The van der Waals surface area contributed by atoms with Crippen molar-refractivity contribution in [2.75, 3.05) is 52.6 Å². The van der Waals surface area contributed by atoms with E-state index in [0.717, 1.165) is 13.1 Å². The zero-order chi connectivity index (χ0) is 22.5. The first kappa shape index (κ1) is 23.7. The normalized spacial score (nSPS) is 31.9. The highest BCUT2D eigenvalue weighted by molar-refractivity contribution is 5.96. The Morgan fingerprint density at radius 2 is 2.03 bits per heavy atom. The zero-order valence-electron chi connectivity index (χ0n) is 18.7. The minimum absolute atomic E-state index is 0.168. The molecule has 31 heavy (non-hydrogen) atoms. The first-order valence-corrected chi connectivity index (χ1v) is 11.3. The molecule has 3 rings (SSSR count). The number of fused-ring (bicyclic) bond motifs is 1. The fourth-order valence-corrected chi connectivity index (χ4v) is 4.97. The number of allylic oxidation sites excluding steroid dienone is 1. The number of morpholine rings is 1. The Morgan fingerprint density at radius 3 is 2.68 bits per heavy atom. The summed E-state index contributed by atoms with van der Waals surface area (Å²) in [4.78, 5) is 43.0. The van der Waals surface area contributed by atoms with Crippen LogP contribution >= 0.6 is 0 Å². The fourth-order valence-electron chi connectivity index (χ4n) is 4.97. The Balaban J connectivity index is 1.78. The number of nitrogens with zero attached hydrogens (tertiary/aromatic N) is 2. The van der Waals surface area contributed by atoms with Crippen molar-refractivity contribution in [3.8, 4) is 0 Å². The Hall–Kier alpha value is -1.97. The van der Waals surface area contributed by atoms with E-state index >= 15 is 0 Å². The van der Waals surface area contributed by atoms with Crippen LogP contribution in [0, 0.1) is 23.7 Å².